The van der Waals surface area contributed by atoms with Crippen molar-refractivity contribution in [1.82, 2.24) is 0 Å². The second-order valence-electron chi connectivity index (χ2n) is 12.2. The molecule has 0 saturated carbocycles. The van der Waals surface area contributed by atoms with E-state index in [1.165, 1.54) is 54.4 Å². The first-order valence-electron chi connectivity index (χ1n) is 17.2. The van der Waals surface area contributed by atoms with Crippen LogP contribution in [0.5, 0.6) is 23.0 Å². The average Bonchev–Trinajstić information content (AvgIpc) is 3.40. The maximum atomic E-state index is 14.2. The highest BCUT2D eigenvalue weighted by Crippen LogP contribution is 2.52. The lowest BCUT2D eigenvalue weighted by Gasteiger charge is -2.18. The quantitative estimate of drug-likeness (QED) is 0.0588. The van der Waals surface area contributed by atoms with Crippen molar-refractivity contribution in [2.75, 3.05) is 52.3 Å². The molecule has 4 aromatic carbocycles. The van der Waals surface area contributed by atoms with Gasteiger partial charge in [-0.25, -0.2) is 8.42 Å². The third kappa shape index (κ3) is 9.24. The molecule has 16 nitrogen and oxygen atoms in total. The molecule has 1 aliphatic heterocycles. The number of anilines is 2. The van der Waals surface area contributed by atoms with Crippen LogP contribution in [-0.4, -0.2) is 71.7 Å². The fourth-order valence-electron chi connectivity index (χ4n) is 6.02. The first kappa shape index (κ1) is 45.4. The van der Waals surface area contributed by atoms with E-state index in [9.17, 15) is 36.9 Å². The van der Waals surface area contributed by atoms with Crippen molar-refractivity contribution in [1.29, 1.82) is 0 Å². The number of nitrogens with one attached hydrogen (secondary N) is 2. The van der Waals surface area contributed by atoms with Gasteiger partial charge in [0.15, 0.2) is 23.0 Å². The first-order chi connectivity index (χ1) is 27.9. The van der Waals surface area contributed by atoms with Crippen molar-refractivity contribution in [3.05, 3.63) is 81.9 Å². The molecule has 1 heterocycles. The molecule has 5 rings (SSSR count). The Kier molecular flexibility index (Phi) is 14.1. The second-order valence-corrected chi connectivity index (χ2v) is 18.4. The molecule has 0 saturated heterocycles. The van der Waals surface area contributed by atoms with E-state index in [0.717, 1.165) is 36.4 Å². The smallest absolute Gasteiger partial charge is 0.360 e. The molecule has 0 bridgehead atoms. The summed E-state index contributed by atoms with van der Waals surface area (Å²) in [6.45, 7) is 2.42. The largest absolute Gasteiger partial charge is 0.493 e. The van der Waals surface area contributed by atoms with Crippen LogP contribution in [-0.2, 0) is 37.6 Å². The zero-order valence-corrected chi connectivity index (χ0v) is 36.3. The van der Waals surface area contributed by atoms with Crippen molar-refractivity contribution < 1.29 is 64.9 Å². The molecular formula is C38H38Cl2N2O14P2S. The second kappa shape index (κ2) is 18.3. The molecule has 1 aliphatic rings. The summed E-state index contributed by atoms with van der Waals surface area (Å²) in [7, 11) is -8.44. The van der Waals surface area contributed by atoms with Crippen molar-refractivity contribution in [2.24, 2.45) is 0 Å². The predicted molar refractivity (Wildman–Crippen MR) is 224 cm³/mol. The van der Waals surface area contributed by atoms with Crippen molar-refractivity contribution >= 4 is 94.2 Å². The van der Waals surface area contributed by atoms with E-state index in [0.29, 0.717) is 22.6 Å². The summed E-state index contributed by atoms with van der Waals surface area (Å²) in [6, 6.07) is 10.3. The van der Waals surface area contributed by atoms with Gasteiger partial charge in [-0.15, -0.1) is 0 Å². The summed E-state index contributed by atoms with van der Waals surface area (Å²) in [5, 5.41) is 4.18. The standard InChI is InChI=1S/C38H38Cl2N2O14P2S/c1-7-55-57(45,46)29-17-23-24-18-30(58(47,48)56-8-2)26(42-34(44)16-12-22-10-14-28(52-4)38(54-6)36(22)40)20-32(24)59(49,50)31(23)19-25(29)41-33(43)15-11-21-9-13-27(51-3)37(53-5)35(21)39/h9-20H,7-8H2,1-6H3,(H,41,43)(H,42,44)(H,45,46)(H,47,48). The van der Waals surface area contributed by atoms with Crippen LogP contribution in [0.15, 0.2) is 70.5 Å². The van der Waals surface area contributed by atoms with Crippen LogP contribution in [0.2, 0.25) is 10.0 Å². The SMILES string of the molecule is CCOP(=O)(O)c1cc2c(cc1NC(=O)C=Cc1ccc(OC)c(OC)c1Cl)S(=O)(=O)c1cc(NC(=O)C=Cc3ccc(OC)c(OC)c3Cl)c(P(=O)(O)OCC)cc1-2. The lowest BCUT2D eigenvalue weighted by molar-refractivity contribution is -0.112. The molecular weight excluding hydrogens is 873 g/mol. The van der Waals surface area contributed by atoms with E-state index >= 15 is 0 Å². The van der Waals surface area contributed by atoms with Crippen LogP contribution in [0.3, 0.4) is 0 Å². The minimum absolute atomic E-state index is 0.124. The van der Waals surface area contributed by atoms with Crippen LogP contribution >= 0.6 is 38.4 Å². The van der Waals surface area contributed by atoms with E-state index < -0.39 is 57.2 Å². The average molecular weight is 912 g/mol. The van der Waals surface area contributed by atoms with Gasteiger partial charge in [-0.1, -0.05) is 23.2 Å². The Morgan fingerprint density at radius 2 is 1.03 bits per heavy atom. The monoisotopic (exact) mass is 910 g/mol. The summed E-state index contributed by atoms with van der Waals surface area (Å²) in [6.07, 6.45) is 4.77. The number of fused-ring (bicyclic) bond motifs is 3. The van der Waals surface area contributed by atoms with Crippen LogP contribution < -0.4 is 40.2 Å². The maximum Gasteiger partial charge on any atom is 0.360 e. The van der Waals surface area contributed by atoms with Crippen molar-refractivity contribution in [3.63, 3.8) is 0 Å². The molecule has 0 fully saturated rings. The number of ether oxygens (including phenoxy) is 4. The molecule has 0 radical (unpaired) electrons. The van der Waals surface area contributed by atoms with Gasteiger partial charge in [0, 0.05) is 23.3 Å². The van der Waals surface area contributed by atoms with Gasteiger partial charge in [0.25, 0.3) is 0 Å². The van der Waals surface area contributed by atoms with E-state index in [-0.39, 0.29) is 57.3 Å². The van der Waals surface area contributed by atoms with Crippen LogP contribution in [0.4, 0.5) is 11.4 Å². The van der Waals surface area contributed by atoms with Gasteiger partial charge >= 0.3 is 15.2 Å². The minimum atomic E-state index is -4.76. The Labute approximate surface area is 349 Å². The number of carbonyl (C=O) groups is 2. The third-order valence-electron chi connectivity index (χ3n) is 8.66. The Morgan fingerprint density at radius 3 is 1.36 bits per heavy atom. The van der Waals surface area contributed by atoms with E-state index in [2.05, 4.69) is 10.6 Å². The minimum Gasteiger partial charge on any atom is -0.493 e. The lowest BCUT2D eigenvalue weighted by atomic mass is 10.0. The molecule has 2 unspecified atom stereocenters. The molecule has 21 heteroatoms. The van der Waals surface area contributed by atoms with E-state index in [1.54, 1.807) is 24.3 Å². The van der Waals surface area contributed by atoms with Gasteiger partial charge < -0.3 is 48.4 Å². The van der Waals surface area contributed by atoms with Gasteiger partial charge in [0.2, 0.25) is 21.7 Å². The van der Waals surface area contributed by atoms with Crippen molar-refractivity contribution in [2.45, 2.75) is 23.6 Å². The lowest BCUT2D eigenvalue weighted by Crippen LogP contribution is -2.19. The summed E-state index contributed by atoms with van der Waals surface area (Å²) in [5.74, 6) is -0.605. The molecule has 0 aromatic heterocycles. The maximum absolute atomic E-state index is 14.2. The van der Waals surface area contributed by atoms with Crippen LogP contribution in [0, 0.1) is 0 Å². The molecule has 314 valence electrons. The van der Waals surface area contributed by atoms with Crippen molar-refractivity contribution in [3.8, 4) is 34.1 Å². The number of halogens is 2. The topological polar surface area (TPSA) is 222 Å². The number of carbonyl (C=O) groups excluding carboxylic acids is 2. The molecule has 0 aliphatic carbocycles. The fourth-order valence-corrected chi connectivity index (χ4v) is 10.7. The molecule has 59 heavy (non-hydrogen) atoms. The zero-order chi connectivity index (χ0) is 43.4. The number of hydrogen-bond acceptors (Lipinski definition) is 12. The van der Waals surface area contributed by atoms with Gasteiger partial charge in [-0.2, -0.15) is 0 Å². The number of methoxy groups -OCH3 is 4. The summed E-state index contributed by atoms with van der Waals surface area (Å²) < 4.78 is 86.9. The normalized spacial score (nSPS) is 14.9. The molecule has 0 spiro atoms. The van der Waals surface area contributed by atoms with E-state index in [1.807, 2.05) is 0 Å². The Morgan fingerprint density at radius 1 is 0.661 bits per heavy atom. The molecule has 2 atom stereocenters. The number of hydrogen-bond donors (Lipinski definition) is 4. The van der Waals surface area contributed by atoms with Crippen LogP contribution in [0.1, 0.15) is 25.0 Å². The molecule has 4 N–H and O–H groups in total. The molecule has 2 amide bonds. The Bertz CT molecular complexity index is 2450. The number of rotatable bonds is 16. The summed E-state index contributed by atoms with van der Waals surface area (Å²) >= 11 is 12.9. The number of sulfone groups is 1. The Balaban J connectivity index is 1.59. The number of benzene rings is 4. The Hall–Kier alpha value is -4.67. The third-order valence-corrected chi connectivity index (χ3v) is 14.4. The summed E-state index contributed by atoms with van der Waals surface area (Å²) in [5.41, 5.74) is -0.395. The van der Waals surface area contributed by atoms with E-state index in [4.69, 9.17) is 51.2 Å². The highest BCUT2D eigenvalue weighted by molar-refractivity contribution is 7.92. The zero-order valence-electron chi connectivity index (χ0n) is 32.2. The predicted octanol–water partition coefficient (Wildman–Crippen LogP) is 6.84. The highest BCUT2D eigenvalue weighted by atomic mass is 35.5. The van der Waals surface area contributed by atoms with Gasteiger partial charge in [-0.3, -0.25) is 18.7 Å². The number of amides is 2. The molecule has 4 aromatic rings. The fraction of sp³-hybridized carbons (Fsp3) is 0.211. The first-order valence-corrected chi connectivity index (χ1v) is 22.6. The van der Waals surface area contributed by atoms with Gasteiger partial charge in [-0.05, 0) is 85.7 Å². The summed E-state index contributed by atoms with van der Waals surface area (Å²) in [4.78, 5) is 47.8. The van der Waals surface area contributed by atoms with Crippen LogP contribution in [0.25, 0.3) is 23.3 Å². The highest BCUT2D eigenvalue weighted by Gasteiger charge is 2.40. The van der Waals surface area contributed by atoms with Gasteiger partial charge in [0.05, 0.1) is 83.5 Å². The van der Waals surface area contributed by atoms with Gasteiger partial charge in [0.1, 0.15) is 0 Å².